The summed E-state index contributed by atoms with van der Waals surface area (Å²) in [7, 11) is 1.41. The van der Waals surface area contributed by atoms with E-state index in [1.165, 1.54) is 40.2 Å². The van der Waals surface area contributed by atoms with Crippen molar-refractivity contribution in [2.45, 2.75) is 33.4 Å². The molecule has 0 saturated heterocycles. The van der Waals surface area contributed by atoms with Crippen molar-refractivity contribution < 1.29 is 19.4 Å². The van der Waals surface area contributed by atoms with Crippen molar-refractivity contribution in [2.24, 2.45) is 0 Å². The normalized spacial score (nSPS) is 13.3. The number of hydrogen-bond donors (Lipinski definition) is 1. The van der Waals surface area contributed by atoms with E-state index < -0.39 is 5.97 Å². The van der Waals surface area contributed by atoms with Gasteiger partial charge in [-0.25, -0.2) is 14.1 Å². The van der Waals surface area contributed by atoms with E-state index in [9.17, 15) is 9.90 Å². The largest absolute Gasteiger partial charge is 0.488 e. The number of ether oxygens (including phenoxy) is 2. The van der Waals surface area contributed by atoms with Crippen molar-refractivity contribution in [3.8, 4) is 28.7 Å². The third-order valence-corrected chi connectivity index (χ3v) is 7.81. The van der Waals surface area contributed by atoms with Crippen LogP contribution in [-0.4, -0.2) is 50.1 Å². The molecule has 0 spiro atoms. The molecular weight excluding hydrogens is 500 g/mol. The molecular formula is C29H30N4O4S. The van der Waals surface area contributed by atoms with E-state index in [0.717, 1.165) is 36.4 Å². The number of carboxylic acid groups (broad SMARTS) is 1. The van der Waals surface area contributed by atoms with Gasteiger partial charge in [0, 0.05) is 18.7 Å². The van der Waals surface area contributed by atoms with Gasteiger partial charge in [0.2, 0.25) is 5.88 Å². The number of pyridine rings is 1. The van der Waals surface area contributed by atoms with Gasteiger partial charge in [0.25, 0.3) is 0 Å². The average molecular weight is 531 g/mol. The number of methoxy groups -OCH3 is 1. The minimum Gasteiger partial charge on any atom is -0.488 e. The van der Waals surface area contributed by atoms with Crippen LogP contribution in [0.3, 0.4) is 0 Å². The number of aromatic nitrogens is 3. The molecule has 0 aliphatic carbocycles. The van der Waals surface area contributed by atoms with Crippen LogP contribution in [0, 0.1) is 13.8 Å². The quantitative estimate of drug-likeness (QED) is 0.300. The van der Waals surface area contributed by atoms with E-state index >= 15 is 0 Å². The van der Waals surface area contributed by atoms with Gasteiger partial charge in [0.05, 0.1) is 19.0 Å². The Morgan fingerprint density at radius 2 is 1.95 bits per heavy atom. The van der Waals surface area contributed by atoms with Crippen molar-refractivity contribution in [3.63, 3.8) is 0 Å². The van der Waals surface area contributed by atoms with Crippen LogP contribution in [-0.2, 0) is 19.6 Å². The zero-order valence-corrected chi connectivity index (χ0v) is 22.7. The van der Waals surface area contributed by atoms with Crippen LogP contribution in [0.15, 0.2) is 54.7 Å². The first-order valence-corrected chi connectivity index (χ1v) is 13.5. The number of carboxylic acids is 1. The van der Waals surface area contributed by atoms with Gasteiger partial charge in [0.1, 0.15) is 17.9 Å². The van der Waals surface area contributed by atoms with Gasteiger partial charge in [-0.05, 0) is 72.5 Å². The van der Waals surface area contributed by atoms with E-state index in [0.29, 0.717) is 18.1 Å². The van der Waals surface area contributed by atoms with Crippen LogP contribution >= 0.6 is 11.9 Å². The molecule has 0 bridgehead atoms. The number of aromatic carboxylic acids is 1. The van der Waals surface area contributed by atoms with Crippen molar-refractivity contribution in [2.75, 3.05) is 19.9 Å². The molecule has 1 aliphatic rings. The molecule has 0 fully saturated rings. The van der Waals surface area contributed by atoms with Gasteiger partial charge in [-0.15, -0.1) is 0 Å². The highest BCUT2D eigenvalue weighted by atomic mass is 32.2. The van der Waals surface area contributed by atoms with Gasteiger partial charge in [-0.2, -0.15) is 9.78 Å². The second kappa shape index (κ2) is 10.9. The first-order valence-electron chi connectivity index (χ1n) is 12.4. The number of fused-ring (bicyclic) bond motifs is 1. The minimum atomic E-state index is -1.11. The van der Waals surface area contributed by atoms with Gasteiger partial charge in [-0.1, -0.05) is 42.3 Å². The van der Waals surface area contributed by atoms with E-state index in [4.69, 9.17) is 14.5 Å². The monoisotopic (exact) mass is 530 g/mol. The maximum atomic E-state index is 11.5. The van der Waals surface area contributed by atoms with Crippen molar-refractivity contribution in [3.05, 3.63) is 88.1 Å². The molecule has 0 unspecified atom stereocenters. The van der Waals surface area contributed by atoms with Gasteiger partial charge >= 0.3 is 5.97 Å². The fraction of sp³-hybridized carbons (Fsp3) is 0.276. The molecule has 2 aromatic carbocycles. The summed E-state index contributed by atoms with van der Waals surface area (Å²) < 4.78 is 15.6. The smallest absolute Gasteiger partial charge is 0.342 e. The van der Waals surface area contributed by atoms with Crippen LogP contribution in [0.1, 0.15) is 38.2 Å². The van der Waals surface area contributed by atoms with E-state index in [-0.39, 0.29) is 11.4 Å². The zero-order valence-electron chi connectivity index (χ0n) is 21.9. The summed E-state index contributed by atoms with van der Waals surface area (Å²) in [5.74, 6) is 0.217. The van der Waals surface area contributed by atoms with Gasteiger partial charge in [-0.3, -0.25) is 0 Å². The highest BCUT2D eigenvalue weighted by Gasteiger charge is 2.21. The number of aryl methyl sites for hydroxylation is 1. The minimum absolute atomic E-state index is 0.0270. The molecule has 0 saturated carbocycles. The first-order chi connectivity index (χ1) is 18.4. The highest BCUT2D eigenvalue weighted by molar-refractivity contribution is 7.96. The van der Waals surface area contributed by atoms with Crippen LogP contribution in [0.25, 0.3) is 17.1 Å². The molecule has 9 heteroatoms. The van der Waals surface area contributed by atoms with Crippen molar-refractivity contribution in [1.82, 2.24) is 19.1 Å². The summed E-state index contributed by atoms with van der Waals surface area (Å²) >= 11 is 1.80. The fourth-order valence-corrected chi connectivity index (χ4v) is 5.45. The topological polar surface area (TPSA) is 89.7 Å². The molecule has 5 rings (SSSR count). The predicted molar refractivity (Wildman–Crippen MR) is 148 cm³/mol. The molecule has 4 aromatic rings. The second-order valence-corrected chi connectivity index (χ2v) is 10.1. The third-order valence-electron chi connectivity index (χ3n) is 6.98. The van der Waals surface area contributed by atoms with Crippen LogP contribution < -0.4 is 9.47 Å². The summed E-state index contributed by atoms with van der Waals surface area (Å²) in [6.07, 6.45) is 4.43. The lowest BCUT2D eigenvalue weighted by molar-refractivity contribution is 0.0693. The maximum absolute atomic E-state index is 11.5. The van der Waals surface area contributed by atoms with E-state index in [1.807, 2.05) is 37.3 Å². The molecule has 1 N–H and O–H groups in total. The average Bonchev–Trinajstić information content (AvgIpc) is 3.38. The maximum Gasteiger partial charge on any atom is 0.342 e. The molecule has 1 aliphatic heterocycles. The molecule has 2 aromatic heterocycles. The fourth-order valence-electron chi connectivity index (χ4n) is 4.91. The van der Waals surface area contributed by atoms with Crippen LogP contribution in [0.5, 0.6) is 11.6 Å². The molecule has 196 valence electrons. The predicted octanol–water partition coefficient (Wildman–Crippen LogP) is 5.47. The Labute approximate surface area is 226 Å². The standard InChI is InChI=1S/C29H30N4O4S/c1-18-7-5-8-23(25-9-6-10-26(31-25)33-28(36-3)24(15-30-33)29(34)35)27(18)37-17-21-12-11-20-16-32(38-4)14-13-22(20)19(21)2/h5-12,15H,13-14,16-17H2,1-4H3,(H,34,35). The number of carbonyl (C=O) groups is 1. The lowest BCUT2D eigenvalue weighted by Crippen LogP contribution is -2.25. The lowest BCUT2D eigenvalue weighted by atomic mass is 9.93. The first kappa shape index (κ1) is 25.8. The number of rotatable bonds is 8. The van der Waals surface area contributed by atoms with E-state index in [2.05, 4.69) is 34.7 Å². The van der Waals surface area contributed by atoms with Crippen molar-refractivity contribution >= 4 is 17.9 Å². The summed E-state index contributed by atoms with van der Waals surface area (Å²) in [6.45, 7) is 6.70. The second-order valence-electron chi connectivity index (χ2n) is 9.19. The summed E-state index contributed by atoms with van der Waals surface area (Å²) in [5.41, 5.74) is 7.83. The molecule has 38 heavy (non-hydrogen) atoms. The summed E-state index contributed by atoms with van der Waals surface area (Å²) in [5, 5.41) is 13.6. The Morgan fingerprint density at radius 3 is 2.71 bits per heavy atom. The number of nitrogens with zero attached hydrogens (tertiary/aromatic N) is 4. The Hall–Kier alpha value is -3.82. The molecule has 3 heterocycles. The zero-order chi connectivity index (χ0) is 26.8. The third kappa shape index (κ3) is 4.87. The number of benzene rings is 2. The molecule has 0 amide bonds. The molecule has 8 nitrogen and oxygen atoms in total. The molecule has 0 atom stereocenters. The molecule has 0 radical (unpaired) electrons. The number of hydrogen-bond acceptors (Lipinski definition) is 7. The number of para-hydroxylation sites is 1. The Morgan fingerprint density at radius 1 is 1.13 bits per heavy atom. The SMILES string of the molecule is COc1c(C(=O)O)cnn1-c1cccc(-c2cccc(C)c2OCc2ccc3c(c2C)CCN(SC)C3)n1. The highest BCUT2D eigenvalue weighted by Crippen LogP contribution is 2.34. The summed E-state index contributed by atoms with van der Waals surface area (Å²) in [6, 6.07) is 15.9. The lowest BCUT2D eigenvalue weighted by Gasteiger charge is -2.28. The Bertz CT molecular complexity index is 1500. The Kier molecular flexibility index (Phi) is 7.40. The van der Waals surface area contributed by atoms with Crippen molar-refractivity contribution in [1.29, 1.82) is 0 Å². The van der Waals surface area contributed by atoms with E-state index in [1.54, 1.807) is 18.0 Å². The van der Waals surface area contributed by atoms with Crippen LogP contribution in [0.4, 0.5) is 0 Å². The van der Waals surface area contributed by atoms with Crippen LogP contribution in [0.2, 0.25) is 0 Å². The Balaban J connectivity index is 1.45. The summed E-state index contributed by atoms with van der Waals surface area (Å²) in [4.78, 5) is 16.3. The van der Waals surface area contributed by atoms with Gasteiger partial charge in [0.15, 0.2) is 5.82 Å². The van der Waals surface area contributed by atoms with Gasteiger partial charge < -0.3 is 14.6 Å².